The molecule has 1 heteroatoms. The van der Waals surface area contributed by atoms with Gasteiger partial charge in [0.05, 0.1) is 6.61 Å². The van der Waals surface area contributed by atoms with Gasteiger partial charge in [-0.3, -0.25) is 0 Å². The molecule has 0 aliphatic heterocycles. The molecule has 0 atom stereocenters. The van der Waals surface area contributed by atoms with Crippen molar-refractivity contribution in [2.45, 2.75) is 61.8 Å². The average Bonchev–Trinajstić information content (AvgIpc) is 2.46. The Morgan fingerprint density at radius 3 is 1.47 bits per heavy atom. The number of rotatable bonds is 3. The summed E-state index contributed by atoms with van der Waals surface area (Å²) in [6.45, 7) is 16.9. The number of hydrogen-bond donors (Lipinski definition) is 0. The van der Waals surface area contributed by atoms with E-state index in [4.69, 9.17) is 4.74 Å². The maximum atomic E-state index is 5.31. The third-order valence-electron chi connectivity index (χ3n) is 1.64. The molecule has 0 saturated heterocycles. The molecule has 0 saturated carbocycles. The van der Waals surface area contributed by atoms with Crippen LogP contribution in [0.15, 0.2) is 24.3 Å². The summed E-state index contributed by atoms with van der Waals surface area (Å²) in [6.07, 6.45) is 1.09. The van der Waals surface area contributed by atoms with Crippen molar-refractivity contribution in [1.29, 1.82) is 0 Å². The number of benzene rings is 1. The van der Waals surface area contributed by atoms with Crippen LogP contribution < -0.4 is 4.74 Å². The van der Waals surface area contributed by atoms with E-state index in [9.17, 15) is 0 Å². The normalized spacial score (nSPS) is 7.29. The topological polar surface area (TPSA) is 9.23 Å². The highest BCUT2D eigenvalue weighted by molar-refractivity contribution is 5.27. The van der Waals surface area contributed by atoms with Gasteiger partial charge in [0.25, 0.3) is 0 Å². The Kier molecular flexibility index (Phi) is 25.6. The second kappa shape index (κ2) is 20.4. The lowest BCUT2D eigenvalue weighted by molar-refractivity contribution is 0.340. The van der Waals surface area contributed by atoms with Gasteiger partial charge in [-0.15, -0.1) is 0 Å². The van der Waals surface area contributed by atoms with Gasteiger partial charge in [-0.1, -0.05) is 60.6 Å². The van der Waals surface area contributed by atoms with Gasteiger partial charge in [0.2, 0.25) is 0 Å². The largest absolute Gasteiger partial charge is 0.494 e. The van der Waals surface area contributed by atoms with Crippen molar-refractivity contribution in [3.05, 3.63) is 29.8 Å². The molecule has 1 aromatic carbocycles. The number of ether oxygens (including phenoxy) is 1. The van der Waals surface area contributed by atoms with Gasteiger partial charge >= 0.3 is 0 Å². The molecule has 0 amide bonds. The van der Waals surface area contributed by atoms with Crippen molar-refractivity contribution in [1.82, 2.24) is 0 Å². The average molecular weight is 240 g/mol. The van der Waals surface area contributed by atoms with E-state index in [1.165, 1.54) is 5.56 Å². The molecule has 0 bridgehead atoms. The van der Waals surface area contributed by atoms with Crippen LogP contribution in [0.3, 0.4) is 0 Å². The van der Waals surface area contributed by atoms with Crippen LogP contribution in [0.5, 0.6) is 5.75 Å². The highest BCUT2D eigenvalue weighted by atomic mass is 16.5. The molecule has 0 unspecified atom stereocenters. The quantitative estimate of drug-likeness (QED) is 0.656. The minimum absolute atomic E-state index is 0.742. The van der Waals surface area contributed by atoms with Crippen LogP contribution in [-0.2, 0) is 6.42 Å². The van der Waals surface area contributed by atoms with Crippen molar-refractivity contribution >= 4 is 0 Å². The first-order valence-corrected chi connectivity index (χ1v) is 7.08. The van der Waals surface area contributed by atoms with E-state index in [1.54, 1.807) is 0 Å². The Morgan fingerprint density at radius 2 is 1.18 bits per heavy atom. The Bertz CT molecular complexity index is 201. The fourth-order valence-electron chi connectivity index (χ4n) is 0.988. The standard InChI is InChI=1S/C10H14O.3C2H6/c1-3-9-5-7-10(8-6-9)11-4-2;3*1-2/h5-8H,3-4H2,1-2H3;3*1-2H3. The molecule has 1 nitrogen and oxygen atoms in total. The van der Waals surface area contributed by atoms with Crippen molar-refractivity contribution in [2.24, 2.45) is 0 Å². The van der Waals surface area contributed by atoms with E-state index >= 15 is 0 Å². The Hall–Kier alpha value is -0.980. The van der Waals surface area contributed by atoms with E-state index < -0.39 is 0 Å². The minimum Gasteiger partial charge on any atom is -0.494 e. The molecule has 1 rings (SSSR count). The summed E-state index contributed by atoms with van der Waals surface area (Å²) >= 11 is 0. The molecule has 0 aliphatic rings. The molecule has 102 valence electrons. The molecule has 0 spiro atoms. The fraction of sp³-hybridized carbons (Fsp3) is 0.625. The summed E-state index contributed by atoms with van der Waals surface area (Å²) in [7, 11) is 0. The predicted octanol–water partition coefficient (Wildman–Crippen LogP) is 5.73. The van der Waals surface area contributed by atoms with E-state index in [0.717, 1.165) is 18.8 Å². The molecule has 1 aromatic rings. The van der Waals surface area contributed by atoms with Crippen molar-refractivity contribution in [3.63, 3.8) is 0 Å². The Labute approximate surface area is 109 Å². The zero-order valence-electron chi connectivity index (χ0n) is 13.1. The maximum absolute atomic E-state index is 5.31. The van der Waals surface area contributed by atoms with Gasteiger partial charge in [-0.2, -0.15) is 0 Å². The van der Waals surface area contributed by atoms with Crippen LogP contribution in [0.1, 0.15) is 61.0 Å². The van der Waals surface area contributed by atoms with Crippen LogP contribution in [0, 0.1) is 0 Å². The summed E-state index contributed by atoms with van der Waals surface area (Å²) in [4.78, 5) is 0. The molecule has 0 radical (unpaired) electrons. The lowest BCUT2D eigenvalue weighted by Gasteiger charge is -2.02. The molecule has 0 aliphatic carbocycles. The lowest BCUT2D eigenvalue weighted by Crippen LogP contribution is -1.90. The van der Waals surface area contributed by atoms with Crippen molar-refractivity contribution in [2.75, 3.05) is 6.61 Å². The SMILES string of the molecule is CC.CC.CC.CCOc1ccc(CC)cc1. The monoisotopic (exact) mass is 240 g/mol. The first-order chi connectivity index (χ1) is 8.36. The molecule has 0 aromatic heterocycles. The zero-order valence-corrected chi connectivity index (χ0v) is 13.1. The third kappa shape index (κ3) is 13.0. The van der Waals surface area contributed by atoms with Gasteiger partial charge in [-0.25, -0.2) is 0 Å². The van der Waals surface area contributed by atoms with Crippen LogP contribution in [-0.4, -0.2) is 6.61 Å². The Morgan fingerprint density at radius 1 is 0.765 bits per heavy atom. The molecule has 17 heavy (non-hydrogen) atoms. The second-order valence-corrected chi connectivity index (χ2v) is 2.43. The lowest BCUT2D eigenvalue weighted by atomic mass is 10.2. The molecule has 0 heterocycles. The van der Waals surface area contributed by atoms with Crippen molar-refractivity contribution in [3.8, 4) is 5.75 Å². The highest BCUT2D eigenvalue weighted by Gasteiger charge is 1.90. The van der Waals surface area contributed by atoms with Crippen LogP contribution in [0.4, 0.5) is 0 Å². The van der Waals surface area contributed by atoms with Crippen LogP contribution >= 0.6 is 0 Å². The smallest absolute Gasteiger partial charge is 0.119 e. The van der Waals surface area contributed by atoms with Gasteiger partial charge in [0.1, 0.15) is 5.75 Å². The highest BCUT2D eigenvalue weighted by Crippen LogP contribution is 2.11. The van der Waals surface area contributed by atoms with Gasteiger partial charge in [0, 0.05) is 0 Å². The maximum Gasteiger partial charge on any atom is 0.119 e. The van der Waals surface area contributed by atoms with E-state index in [0.29, 0.717) is 0 Å². The molecular formula is C16H32O. The summed E-state index contributed by atoms with van der Waals surface area (Å²) in [5.41, 5.74) is 1.36. The number of hydrogen-bond acceptors (Lipinski definition) is 1. The van der Waals surface area contributed by atoms with Crippen molar-refractivity contribution < 1.29 is 4.74 Å². The van der Waals surface area contributed by atoms with E-state index in [-0.39, 0.29) is 0 Å². The van der Waals surface area contributed by atoms with Crippen LogP contribution in [0.2, 0.25) is 0 Å². The van der Waals surface area contributed by atoms with Gasteiger partial charge in [0.15, 0.2) is 0 Å². The third-order valence-corrected chi connectivity index (χ3v) is 1.64. The summed E-state index contributed by atoms with van der Waals surface area (Å²) in [6, 6.07) is 8.24. The first-order valence-electron chi connectivity index (χ1n) is 7.08. The summed E-state index contributed by atoms with van der Waals surface area (Å²) in [5.74, 6) is 0.963. The van der Waals surface area contributed by atoms with E-state index in [2.05, 4.69) is 19.1 Å². The van der Waals surface area contributed by atoms with Crippen LogP contribution in [0.25, 0.3) is 0 Å². The molecule has 0 N–H and O–H groups in total. The second-order valence-electron chi connectivity index (χ2n) is 2.43. The van der Waals surface area contributed by atoms with E-state index in [1.807, 2.05) is 60.6 Å². The zero-order chi connectivity index (χ0) is 14.1. The minimum atomic E-state index is 0.742. The molecular weight excluding hydrogens is 208 g/mol. The number of aryl methyl sites for hydroxylation is 1. The summed E-state index contributed by atoms with van der Waals surface area (Å²) < 4.78 is 5.31. The Balaban J connectivity index is -0.000000285. The van der Waals surface area contributed by atoms with Gasteiger partial charge < -0.3 is 4.74 Å². The summed E-state index contributed by atoms with van der Waals surface area (Å²) in [5, 5.41) is 0. The first kappa shape index (κ1) is 21.3. The van der Waals surface area contributed by atoms with Gasteiger partial charge in [-0.05, 0) is 31.0 Å². The molecule has 0 fully saturated rings. The fourth-order valence-corrected chi connectivity index (χ4v) is 0.988. The predicted molar refractivity (Wildman–Crippen MR) is 81.0 cm³/mol.